The molecular formula is C20H28BF2NO3. The Balaban J connectivity index is 1.78. The summed E-state index contributed by atoms with van der Waals surface area (Å²) in [6.45, 7) is 10.1. The largest absolute Gasteiger partial charge is 0.497 e. The number of piperidine rings is 1. The first-order chi connectivity index (χ1) is 12.5. The van der Waals surface area contributed by atoms with Crippen LogP contribution in [0, 0.1) is 11.6 Å². The SMILES string of the molecule is CC1CCCCN1C(=O)Cc1cc(F)c(B2OC(C)(C)C(C)(C)O2)cc1F. The first kappa shape index (κ1) is 20.3. The molecule has 1 amide bonds. The number of carbonyl (C=O) groups excluding carboxylic acids is 1. The van der Waals surface area contributed by atoms with Gasteiger partial charge in [0.2, 0.25) is 5.91 Å². The van der Waals surface area contributed by atoms with Crippen molar-refractivity contribution in [2.45, 2.75) is 77.5 Å². The van der Waals surface area contributed by atoms with Gasteiger partial charge in [-0.15, -0.1) is 0 Å². The molecule has 0 aromatic heterocycles. The highest BCUT2D eigenvalue weighted by Crippen LogP contribution is 2.36. The molecule has 0 aliphatic carbocycles. The third-order valence-electron chi connectivity index (χ3n) is 6.14. The highest BCUT2D eigenvalue weighted by molar-refractivity contribution is 6.62. The monoisotopic (exact) mass is 379 g/mol. The van der Waals surface area contributed by atoms with Crippen molar-refractivity contribution in [2.24, 2.45) is 0 Å². The van der Waals surface area contributed by atoms with E-state index in [2.05, 4.69) is 0 Å². The number of rotatable bonds is 3. The maximum Gasteiger partial charge on any atom is 0.497 e. The van der Waals surface area contributed by atoms with E-state index in [9.17, 15) is 13.6 Å². The third-order valence-corrected chi connectivity index (χ3v) is 6.14. The molecular weight excluding hydrogens is 351 g/mol. The van der Waals surface area contributed by atoms with E-state index in [-0.39, 0.29) is 29.4 Å². The molecule has 1 aromatic rings. The number of likely N-dealkylation sites (tertiary alicyclic amines) is 1. The summed E-state index contributed by atoms with van der Waals surface area (Å²) >= 11 is 0. The highest BCUT2D eigenvalue weighted by Gasteiger charge is 2.52. The normalized spacial score (nSPS) is 24.3. The van der Waals surface area contributed by atoms with E-state index in [1.165, 1.54) is 0 Å². The summed E-state index contributed by atoms with van der Waals surface area (Å²) in [5.41, 5.74) is -1.19. The van der Waals surface area contributed by atoms with Gasteiger partial charge in [-0.2, -0.15) is 0 Å². The van der Waals surface area contributed by atoms with Crippen LogP contribution in [0.1, 0.15) is 59.4 Å². The van der Waals surface area contributed by atoms with Gasteiger partial charge in [0.15, 0.2) is 0 Å². The molecule has 2 aliphatic rings. The molecule has 148 valence electrons. The number of carbonyl (C=O) groups is 1. The van der Waals surface area contributed by atoms with E-state index in [0.717, 1.165) is 31.4 Å². The van der Waals surface area contributed by atoms with Gasteiger partial charge in [-0.05, 0) is 71.6 Å². The molecule has 1 atom stereocenters. The van der Waals surface area contributed by atoms with E-state index in [0.29, 0.717) is 6.54 Å². The van der Waals surface area contributed by atoms with Gasteiger partial charge in [0.1, 0.15) is 11.6 Å². The standard InChI is InChI=1S/C20H28BF2NO3/c1-13-8-6-7-9-24(13)18(25)11-14-10-17(23)15(12-16(14)22)21-26-19(2,3)20(4,5)27-21/h10,12-13H,6-9,11H2,1-5H3. The highest BCUT2D eigenvalue weighted by atomic mass is 19.1. The van der Waals surface area contributed by atoms with Crippen molar-refractivity contribution in [1.29, 1.82) is 0 Å². The Morgan fingerprint density at radius 3 is 2.37 bits per heavy atom. The maximum atomic E-state index is 14.7. The molecule has 0 saturated carbocycles. The lowest BCUT2D eigenvalue weighted by atomic mass is 9.78. The molecule has 1 aromatic carbocycles. The molecule has 0 bridgehead atoms. The zero-order chi connectivity index (χ0) is 20.0. The predicted molar refractivity (Wildman–Crippen MR) is 101 cm³/mol. The number of hydrogen-bond acceptors (Lipinski definition) is 3. The van der Waals surface area contributed by atoms with Crippen molar-refractivity contribution in [3.63, 3.8) is 0 Å². The molecule has 2 fully saturated rings. The molecule has 2 heterocycles. The van der Waals surface area contributed by atoms with E-state index in [1.807, 2.05) is 34.6 Å². The zero-order valence-corrected chi connectivity index (χ0v) is 16.8. The summed E-state index contributed by atoms with van der Waals surface area (Å²) in [5.74, 6) is -1.40. The Morgan fingerprint density at radius 2 is 1.78 bits per heavy atom. The average Bonchev–Trinajstić information content (AvgIpc) is 2.78. The molecule has 1 unspecified atom stereocenters. The lowest BCUT2D eigenvalue weighted by Gasteiger charge is -2.33. The first-order valence-electron chi connectivity index (χ1n) is 9.65. The van der Waals surface area contributed by atoms with Crippen LogP contribution in [-0.2, 0) is 20.5 Å². The van der Waals surface area contributed by atoms with E-state index >= 15 is 0 Å². The Morgan fingerprint density at radius 1 is 1.15 bits per heavy atom. The van der Waals surface area contributed by atoms with Gasteiger partial charge in [-0.1, -0.05) is 0 Å². The summed E-state index contributed by atoms with van der Waals surface area (Å²) < 4.78 is 41.0. The number of halogens is 2. The van der Waals surface area contributed by atoms with E-state index in [1.54, 1.807) is 4.90 Å². The summed E-state index contributed by atoms with van der Waals surface area (Å²) in [7, 11) is -0.976. The third kappa shape index (κ3) is 3.90. The van der Waals surface area contributed by atoms with Crippen LogP contribution in [0.5, 0.6) is 0 Å². The maximum absolute atomic E-state index is 14.7. The first-order valence-corrected chi connectivity index (χ1v) is 9.65. The molecule has 0 radical (unpaired) electrons. The Hall–Kier alpha value is -1.47. The number of hydrogen-bond donors (Lipinski definition) is 0. The minimum Gasteiger partial charge on any atom is -0.399 e. The van der Waals surface area contributed by atoms with Crippen molar-refractivity contribution < 1.29 is 22.9 Å². The number of nitrogens with zero attached hydrogens (tertiary/aromatic N) is 1. The minimum absolute atomic E-state index is 0.0219. The van der Waals surface area contributed by atoms with Gasteiger partial charge >= 0.3 is 7.12 Å². The molecule has 4 nitrogen and oxygen atoms in total. The lowest BCUT2D eigenvalue weighted by molar-refractivity contribution is -0.133. The second kappa shape index (κ2) is 7.17. The lowest BCUT2D eigenvalue weighted by Crippen LogP contribution is -2.43. The fourth-order valence-electron chi connectivity index (χ4n) is 3.62. The van der Waals surface area contributed by atoms with Crippen molar-refractivity contribution >= 4 is 18.5 Å². The van der Waals surface area contributed by atoms with Crippen LogP contribution >= 0.6 is 0 Å². The van der Waals surface area contributed by atoms with Gasteiger partial charge in [0.05, 0.1) is 17.6 Å². The molecule has 0 N–H and O–H groups in total. The van der Waals surface area contributed by atoms with E-state index < -0.39 is 30.0 Å². The van der Waals surface area contributed by atoms with Gasteiger partial charge in [-0.25, -0.2) is 8.78 Å². The van der Waals surface area contributed by atoms with Crippen molar-refractivity contribution in [3.8, 4) is 0 Å². The summed E-state index contributed by atoms with van der Waals surface area (Å²) in [6, 6.07) is 2.34. The Kier molecular flexibility index (Phi) is 5.38. The van der Waals surface area contributed by atoms with Gasteiger partial charge in [-0.3, -0.25) is 4.79 Å². The van der Waals surface area contributed by atoms with Gasteiger partial charge in [0.25, 0.3) is 0 Å². The summed E-state index contributed by atoms with van der Waals surface area (Å²) in [5, 5.41) is 0. The average molecular weight is 379 g/mol. The fourth-order valence-corrected chi connectivity index (χ4v) is 3.62. The molecule has 3 rings (SSSR count). The van der Waals surface area contributed by atoms with Crippen molar-refractivity contribution in [1.82, 2.24) is 4.90 Å². The van der Waals surface area contributed by atoms with Crippen LogP contribution in [0.15, 0.2) is 12.1 Å². The second-order valence-corrected chi connectivity index (χ2v) is 8.66. The van der Waals surface area contributed by atoms with Crippen LogP contribution in [0.3, 0.4) is 0 Å². The zero-order valence-electron chi connectivity index (χ0n) is 16.8. The quantitative estimate of drug-likeness (QED) is 0.758. The van der Waals surface area contributed by atoms with E-state index in [4.69, 9.17) is 9.31 Å². The van der Waals surface area contributed by atoms with Crippen LogP contribution < -0.4 is 5.46 Å². The molecule has 27 heavy (non-hydrogen) atoms. The molecule has 2 saturated heterocycles. The molecule has 0 spiro atoms. The number of amides is 1. The number of benzene rings is 1. The second-order valence-electron chi connectivity index (χ2n) is 8.66. The fraction of sp³-hybridized carbons (Fsp3) is 0.650. The Bertz CT molecular complexity index is 722. The summed E-state index contributed by atoms with van der Waals surface area (Å²) in [4.78, 5) is 14.3. The van der Waals surface area contributed by atoms with Gasteiger partial charge < -0.3 is 14.2 Å². The van der Waals surface area contributed by atoms with Crippen molar-refractivity contribution in [3.05, 3.63) is 29.3 Å². The van der Waals surface area contributed by atoms with Crippen LogP contribution in [0.2, 0.25) is 0 Å². The van der Waals surface area contributed by atoms with Crippen LogP contribution in [0.25, 0.3) is 0 Å². The van der Waals surface area contributed by atoms with Crippen LogP contribution in [0.4, 0.5) is 8.78 Å². The van der Waals surface area contributed by atoms with Crippen molar-refractivity contribution in [2.75, 3.05) is 6.54 Å². The van der Waals surface area contributed by atoms with Gasteiger partial charge in [0, 0.05) is 18.0 Å². The van der Waals surface area contributed by atoms with Crippen LogP contribution in [-0.4, -0.2) is 41.7 Å². The minimum atomic E-state index is -0.976. The topological polar surface area (TPSA) is 38.8 Å². The molecule has 2 aliphatic heterocycles. The molecule has 7 heteroatoms. The summed E-state index contributed by atoms with van der Waals surface area (Å²) in [6.07, 6.45) is 2.85. The Labute approximate surface area is 160 Å². The predicted octanol–water partition coefficient (Wildman–Crippen LogP) is 3.21. The smallest absolute Gasteiger partial charge is 0.399 e.